The second-order valence-corrected chi connectivity index (χ2v) is 4.45. The molecule has 2 aromatic rings. The van der Waals surface area contributed by atoms with Gasteiger partial charge in [0.05, 0.1) is 11.6 Å². The van der Waals surface area contributed by atoms with Gasteiger partial charge >= 0.3 is 0 Å². The molecular weight excluding hydrogens is 257 g/mol. The van der Waals surface area contributed by atoms with Crippen LogP contribution < -0.4 is 5.32 Å². The van der Waals surface area contributed by atoms with Crippen LogP contribution >= 0.6 is 0 Å². The van der Waals surface area contributed by atoms with E-state index in [9.17, 15) is 13.2 Å². The summed E-state index contributed by atoms with van der Waals surface area (Å²) in [5, 5.41) is 11.0. The lowest BCUT2D eigenvalue weighted by Gasteiger charge is -2.22. The van der Waals surface area contributed by atoms with E-state index in [4.69, 9.17) is 0 Å². The van der Waals surface area contributed by atoms with Crippen molar-refractivity contribution in [2.75, 3.05) is 6.54 Å². The van der Waals surface area contributed by atoms with E-state index in [2.05, 4.69) is 15.5 Å². The fourth-order valence-electron chi connectivity index (χ4n) is 2.28. The van der Waals surface area contributed by atoms with Crippen molar-refractivity contribution in [3.63, 3.8) is 0 Å². The lowest BCUT2D eigenvalue weighted by Crippen LogP contribution is -2.32. The highest BCUT2D eigenvalue weighted by Crippen LogP contribution is 2.28. The van der Waals surface area contributed by atoms with Crippen molar-refractivity contribution in [2.45, 2.75) is 19.5 Å². The summed E-state index contributed by atoms with van der Waals surface area (Å²) >= 11 is 0. The largest absolute Gasteiger partial charge is 0.308 e. The Kier molecular flexibility index (Phi) is 2.78. The van der Waals surface area contributed by atoms with E-state index >= 15 is 0 Å². The molecule has 1 atom stereocenters. The Hall–Kier alpha value is -1.89. The van der Waals surface area contributed by atoms with Gasteiger partial charge in [0.25, 0.3) is 0 Å². The molecule has 3 rings (SSSR count). The smallest absolute Gasteiger partial charge is 0.170 e. The van der Waals surface area contributed by atoms with Gasteiger partial charge in [-0.3, -0.25) is 0 Å². The third-order valence-corrected chi connectivity index (χ3v) is 3.18. The molecule has 0 bridgehead atoms. The van der Waals surface area contributed by atoms with Crippen molar-refractivity contribution in [1.29, 1.82) is 0 Å². The van der Waals surface area contributed by atoms with Crippen molar-refractivity contribution in [2.24, 2.45) is 0 Å². The van der Waals surface area contributed by atoms with Crippen molar-refractivity contribution >= 4 is 0 Å². The minimum absolute atomic E-state index is 0.0402. The molecule has 0 aliphatic carbocycles. The Bertz CT molecular complexity index is 615. The van der Waals surface area contributed by atoms with Crippen LogP contribution in [0.25, 0.3) is 11.4 Å². The molecule has 4 nitrogen and oxygen atoms in total. The van der Waals surface area contributed by atoms with Gasteiger partial charge in [0.1, 0.15) is 23.3 Å². The van der Waals surface area contributed by atoms with Crippen LogP contribution in [-0.4, -0.2) is 21.3 Å². The number of benzene rings is 1. The summed E-state index contributed by atoms with van der Waals surface area (Å²) in [6, 6.07) is 1.25. The van der Waals surface area contributed by atoms with Gasteiger partial charge in [-0.25, -0.2) is 13.2 Å². The first-order chi connectivity index (χ1) is 9.08. The number of rotatable bonds is 1. The maximum atomic E-state index is 13.8. The maximum Gasteiger partial charge on any atom is 0.170 e. The highest BCUT2D eigenvalue weighted by Gasteiger charge is 2.25. The fraction of sp³-hybridized carbons (Fsp3) is 0.333. The number of hydrogen-bond acceptors (Lipinski definition) is 3. The quantitative estimate of drug-likeness (QED) is 0.860. The lowest BCUT2D eigenvalue weighted by molar-refractivity contribution is 0.437. The van der Waals surface area contributed by atoms with Crippen molar-refractivity contribution in [3.05, 3.63) is 35.4 Å². The first-order valence-corrected chi connectivity index (χ1v) is 5.89. The molecular formula is C12H11F3N4. The summed E-state index contributed by atoms with van der Waals surface area (Å²) in [6.07, 6.45) is 0. The summed E-state index contributed by atoms with van der Waals surface area (Å²) < 4.78 is 42.1. The van der Waals surface area contributed by atoms with Gasteiger partial charge in [-0.15, -0.1) is 10.2 Å². The van der Waals surface area contributed by atoms with Crippen LogP contribution in [0.3, 0.4) is 0 Å². The minimum Gasteiger partial charge on any atom is -0.308 e. The zero-order chi connectivity index (χ0) is 13.6. The van der Waals surface area contributed by atoms with Crippen molar-refractivity contribution in [1.82, 2.24) is 20.1 Å². The van der Waals surface area contributed by atoms with Crippen LogP contribution in [-0.2, 0) is 6.54 Å². The molecule has 0 saturated heterocycles. The lowest BCUT2D eigenvalue weighted by atomic mass is 10.1. The summed E-state index contributed by atoms with van der Waals surface area (Å²) in [7, 11) is 0. The van der Waals surface area contributed by atoms with Gasteiger partial charge in [0.15, 0.2) is 5.82 Å². The summed E-state index contributed by atoms with van der Waals surface area (Å²) in [6.45, 7) is 3.06. The van der Waals surface area contributed by atoms with E-state index in [0.717, 1.165) is 0 Å². The highest BCUT2D eigenvalue weighted by molar-refractivity contribution is 5.57. The van der Waals surface area contributed by atoms with Crippen molar-refractivity contribution < 1.29 is 13.2 Å². The predicted molar refractivity (Wildman–Crippen MR) is 61.7 cm³/mol. The number of aromatic nitrogens is 3. The number of nitrogens with one attached hydrogen (secondary N) is 1. The molecule has 1 aromatic carbocycles. The van der Waals surface area contributed by atoms with Gasteiger partial charge in [-0.1, -0.05) is 0 Å². The Morgan fingerprint density at radius 3 is 2.58 bits per heavy atom. The van der Waals surface area contributed by atoms with Gasteiger partial charge in [-0.2, -0.15) is 0 Å². The van der Waals surface area contributed by atoms with E-state index in [1.54, 1.807) is 4.57 Å². The third-order valence-electron chi connectivity index (χ3n) is 3.18. The van der Waals surface area contributed by atoms with E-state index in [1.807, 2.05) is 6.92 Å². The van der Waals surface area contributed by atoms with Crippen LogP contribution in [0.5, 0.6) is 0 Å². The van der Waals surface area contributed by atoms with Crippen LogP contribution in [0, 0.1) is 17.5 Å². The Morgan fingerprint density at radius 1 is 1.21 bits per heavy atom. The minimum atomic E-state index is -0.973. The molecule has 1 aromatic heterocycles. The monoisotopic (exact) mass is 268 g/mol. The van der Waals surface area contributed by atoms with E-state index in [1.165, 1.54) is 0 Å². The van der Waals surface area contributed by atoms with Gasteiger partial charge in [0.2, 0.25) is 0 Å². The average Bonchev–Trinajstić information content (AvgIpc) is 2.73. The normalized spacial score (nSPS) is 18.4. The molecule has 19 heavy (non-hydrogen) atoms. The molecule has 100 valence electrons. The molecule has 1 unspecified atom stereocenters. The molecule has 0 spiro atoms. The molecule has 7 heteroatoms. The molecule has 1 N–H and O–H groups in total. The van der Waals surface area contributed by atoms with E-state index in [0.29, 0.717) is 31.0 Å². The zero-order valence-electron chi connectivity index (χ0n) is 10.1. The van der Waals surface area contributed by atoms with Crippen LogP contribution in [0.2, 0.25) is 0 Å². The van der Waals surface area contributed by atoms with E-state index in [-0.39, 0.29) is 17.4 Å². The maximum absolute atomic E-state index is 13.8. The third kappa shape index (κ3) is 1.90. The SMILES string of the molecule is CC1NCCn2c(-c3c(F)cc(F)cc3F)nnc21. The molecule has 0 amide bonds. The van der Waals surface area contributed by atoms with Crippen LogP contribution in [0.4, 0.5) is 13.2 Å². The number of fused-ring (bicyclic) bond motifs is 1. The van der Waals surface area contributed by atoms with E-state index < -0.39 is 17.5 Å². The second kappa shape index (κ2) is 4.34. The summed E-state index contributed by atoms with van der Waals surface area (Å²) in [4.78, 5) is 0. The first kappa shape index (κ1) is 12.2. The second-order valence-electron chi connectivity index (χ2n) is 4.45. The Balaban J connectivity index is 2.19. The fourth-order valence-corrected chi connectivity index (χ4v) is 2.28. The number of nitrogens with zero attached hydrogens (tertiary/aromatic N) is 3. The van der Waals surface area contributed by atoms with Crippen molar-refractivity contribution in [3.8, 4) is 11.4 Å². The summed E-state index contributed by atoms with van der Waals surface area (Å²) in [5.74, 6) is -2.19. The standard InChI is InChI=1S/C12H11F3N4/c1-6-11-17-18-12(19(11)3-2-16-6)10-8(14)4-7(13)5-9(10)15/h4-6,16H,2-3H2,1H3. The molecule has 1 aliphatic heterocycles. The van der Waals surface area contributed by atoms with Gasteiger partial charge in [0, 0.05) is 25.2 Å². The summed E-state index contributed by atoms with van der Waals surface area (Å²) in [5.41, 5.74) is -0.339. The molecule has 1 aliphatic rings. The molecule has 2 heterocycles. The van der Waals surface area contributed by atoms with Crippen LogP contribution in [0.1, 0.15) is 18.8 Å². The number of halogens is 3. The molecule has 0 radical (unpaired) electrons. The number of hydrogen-bond donors (Lipinski definition) is 1. The Morgan fingerprint density at radius 2 is 1.89 bits per heavy atom. The average molecular weight is 268 g/mol. The van der Waals surface area contributed by atoms with Gasteiger partial charge < -0.3 is 9.88 Å². The van der Waals surface area contributed by atoms with Crippen LogP contribution in [0.15, 0.2) is 12.1 Å². The molecule has 0 fully saturated rings. The Labute approximate surface area is 107 Å². The zero-order valence-corrected chi connectivity index (χ0v) is 10.1. The topological polar surface area (TPSA) is 42.7 Å². The predicted octanol–water partition coefficient (Wildman–Crippen LogP) is 2.03. The first-order valence-electron chi connectivity index (χ1n) is 5.89. The highest BCUT2D eigenvalue weighted by atomic mass is 19.1. The molecule has 0 saturated carbocycles. The van der Waals surface area contributed by atoms with Gasteiger partial charge in [-0.05, 0) is 6.92 Å².